The highest BCUT2D eigenvalue weighted by Crippen LogP contribution is 1.49. The van der Waals surface area contributed by atoms with E-state index in [-0.39, 0.29) is 0 Å². The van der Waals surface area contributed by atoms with Gasteiger partial charge in [0.05, 0.1) is 0 Å². The molecule has 31 valence electrons. The highest BCUT2D eigenvalue weighted by atomic mass is 16.1. The van der Waals surface area contributed by atoms with E-state index in [1.807, 2.05) is 5.32 Å². The third kappa shape index (κ3) is 1.36. The first-order valence-corrected chi connectivity index (χ1v) is 1.35. The molecule has 0 spiro atoms. The van der Waals surface area contributed by atoms with Gasteiger partial charge < -0.3 is 5.32 Å². The summed E-state index contributed by atoms with van der Waals surface area (Å²) in [5.41, 5.74) is 0. The second-order valence-corrected chi connectivity index (χ2v) is 0.650. The van der Waals surface area contributed by atoms with Crippen LogP contribution in [0.15, 0.2) is 0 Å². The first kappa shape index (κ1) is 5.03. The van der Waals surface area contributed by atoms with Gasteiger partial charge in [-0.2, -0.15) is 0 Å². The average Bonchev–Trinajstić information content (AvgIpc) is 1.65. The zero-order valence-corrected chi connectivity index (χ0v) is 3.19. The molecule has 0 rings (SSSR count). The maximum absolute atomic E-state index is 9.77. The second-order valence-electron chi connectivity index (χ2n) is 0.650. The van der Waals surface area contributed by atoms with Crippen LogP contribution in [0.5, 0.6) is 0 Å². The SMILES string of the molecule is C#CC(=O)N[CH2]. The molecule has 0 aromatic carbocycles. The number of terminal acetylenes is 1. The lowest BCUT2D eigenvalue weighted by Crippen LogP contribution is -2.11. The highest BCUT2D eigenvalue weighted by Gasteiger charge is 1.79. The van der Waals surface area contributed by atoms with Gasteiger partial charge in [0, 0.05) is 7.05 Å². The standard InChI is InChI=1S/C4H4NO/c1-3-4(6)5-2/h1H,2H2,(H,5,6). The average molecular weight is 82.1 g/mol. The Bertz CT molecular complexity index is 90.2. The minimum Gasteiger partial charge on any atom is -0.344 e. The summed E-state index contributed by atoms with van der Waals surface area (Å²) in [6.45, 7) is 0. The summed E-state index contributed by atoms with van der Waals surface area (Å²) in [6.07, 6.45) is 4.58. The topological polar surface area (TPSA) is 29.1 Å². The predicted molar refractivity (Wildman–Crippen MR) is 22.3 cm³/mol. The third-order valence-electron chi connectivity index (χ3n) is 0.292. The van der Waals surface area contributed by atoms with Crippen LogP contribution < -0.4 is 5.32 Å². The number of nitrogens with one attached hydrogen (secondary N) is 1. The summed E-state index contributed by atoms with van der Waals surface area (Å²) >= 11 is 0. The monoisotopic (exact) mass is 82.0 g/mol. The summed E-state index contributed by atoms with van der Waals surface area (Å²) in [4.78, 5) is 9.77. The fourth-order valence-corrected chi connectivity index (χ4v) is 0.0510. The Hall–Kier alpha value is -0.970. The molecule has 0 aliphatic carbocycles. The van der Waals surface area contributed by atoms with Crippen molar-refractivity contribution < 1.29 is 4.79 Å². The van der Waals surface area contributed by atoms with Gasteiger partial charge in [-0.15, -0.1) is 6.42 Å². The number of hydrogen-bond donors (Lipinski definition) is 1. The van der Waals surface area contributed by atoms with Crippen LogP contribution in [0, 0.1) is 19.4 Å². The lowest BCUT2D eigenvalue weighted by atomic mass is 10.6. The summed E-state index contributed by atoms with van der Waals surface area (Å²) in [5, 5.41) is 1.99. The van der Waals surface area contributed by atoms with Crippen LogP contribution in [0.4, 0.5) is 0 Å². The molecule has 0 aliphatic rings. The molecule has 2 nitrogen and oxygen atoms in total. The van der Waals surface area contributed by atoms with E-state index >= 15 is 0 Å². The number of hydrogen-bond acceptors (Lipinski definition) is 1. The Morgan fingerprint density at radius 1 is 2.00 bits per heavy atom. The molecule has 1 amide bonds. The molecule has 2 heteroatoms. The summed E-state index contributed by atoms with van der Waals surface area (Å²) in [7, 11) is 3.01. The lowest BCUT2D eigenvalue weighted by molar-refractivity contribution is -0.114. The molecule has 0 bridgehead atoms. The van der Waals surface area contributed by atoms with E-state index in [4.69, 9.17) is 0 Å². The van der Waals surface area contributed by atoms with E-state index in [1.165, 1.54) is 0 Å². The first-order valence-electron chi connectivity index (χ1n) is 1.35. The van der Waals surface area contributed by atoms with Crippen molar-refractivity contribution in [2.75, 3.05) is 0 Å². The van der Waals surface area contributed by atoms with Gasteiger partial charge in [0.15, 0.2) is 0 Å². The van der Waals surface area contributed by atoms with Gasteiger partial charge in [0.2, 0.25) is 0 Å². The molecule has 0 aromatic rings. The van der Waals surface area contributed by atoms with E-state index in [9.17, 15) is 4.79 Å². The first-order chi connectivity index (χ1) is 2.81. The second kappa shape index (κ2) is 2.28. The van der Waals surface area contributed by atoms with E-state index in [0.29, 0.717) is 0 Å². The number of rotatable bonds is 0. The van der Waals surface area contributed by atoms with Gasteiger partial charge in [0.25, 0.3) is 5.91 Å². The molecule has 0 aromatic heterocycles. The fraction of sp³-hybridized carbons (Fsp3) is 0. The van der Waals surface area contributed by atoms with Crippen LogP contribution >= 0.6 is 0 Å². The largest absolute Gasteiger partial charge is 0.344 e. The van der Waals surface area contributed by atoms with Crippen molar-refractivity contribution in [2.24, 2.45) is 0 Å². The molecule has 0 atom stereocenters. The van der Waals surface area contributed by atoms with Crippen LogP contribution in [-0.2, 0) is 4.79 Å². The molecule has 0 fully saturated rings. The molecule has 0 saturated heterocycles. The molecule has 0 heterocycles. The molecule has 0 unspecified atom stereocenters. The Kier molecular flexibility index (Phi) is 1.91. The van der Waals surface area contributed by atoms with Crippen LogP contribution in [0.2, 0.25) is 0 Å². The van der Waals surface area contributed by atoms with Crippen molar-refractivity contribution in [2.45, 2.75) is 0 Å². The summed E-state index contributed by atoms with van der Waals surface area (Å²) in [6, 6.07) is 0. The molecule has 0 aliphatic heterocycles. The zero-order valence-electron chi connectivity index (χ0n) is 3.19. The van der Waals surface area contributed by atoms with Crippen molar-refractivity contribution in [3.8, 4) is 12.3 Å². The molecule has 1 radical (unpaired) electrons. The predicted octanol–water partition coefficient (Wildman–Crippen LogP) is -0.473. The van der Waals surface area contributed by atoms with Crippen molar-refractivity contribution in [3.63, 3.8) is 0 Å². The summed E-state index contributed by atoms with van der Waals surface area (Å²) < 4.78 is 0. The van der Waals surface area contributed by atoms with Gasteiger partial charge in [0.1, 0.15) is 0 Å². The van der Waals surface area contributed by atoms with Gasteiger partial charge in [-0.1, -0.05) is 0 Å². The minimum absolute atomic E-state index is 0.491. The quantitative estimate of drug-likeness (QED) is 0.393. The third-order valence-corrected chi connectivity index (χ3v) is 0.292. The Labute approximate surface area is 36.5 Å². The van der Waals surface area contributed by atoms with E-state index in [0.717, 1.165) is 0 Å². The number of carbonyl (C=O) groups excluding carboxylic acids is 1. The van der Waals surface area contributed by atoms with Crippen molar-refractivity contribution >= 4 is 5.91 Å². The van der Waals surface area contributed by atoms with Gasteiger partial charge in [-0.3, -0.25) is 4.79 Å². The van der Waals surface area contributed by atoms with Crippen LogP contribution in [-0.4, -0.2) is 5.91 Å². The van der Waals surface area contributed by atoms with Gasteiger partial charge in [-0.25, -0.2) is 0 Å². The highest BCUT2D eigenvalue weighted by molar-refractivity contribution is 5.92. The van der Waals surface area contributed by atoms with Gasteiger partial charge >= 0.3 is 0 Å². The molecule has 6 heavy (non-hydrogen) atoms. The Morgan fingerprint density at radius 2 is 2.50 bits per heavy atom. The number of amides is 1. The number of carbonyl (C=O) groups is 1. The lowest BCUT2D eigenvalue weighted by Gasteiger charge is -1.78. The maximum atomic E-state index is 9.77. The van der Waals surface area contributed by atoms with Crippen LogP contribution in [0.3, 0.4) is 0 Å². The molecule has 1 N–H and O–H groups in total. The van der Waals surface area contributed by atoms with E-state index < -0.39 is 5.91 Å². The Morgan fingerprint density at radius 3 is 2.50 bits per heavy atom. The van der Waals surface area contributed by atoms with Crippen LogP contribution in [0.1, 0.15) is 0 Å². The normalized spacial score (nSPS) is 6.00. The fourth-order valence-electron chi connectivity index (χ4n) is 0.0510. The van der Waals surface area contributed by atoms with Crippen LogP contribution in [0.25, 0.3) is 0 Å². The van der Waals surface area contributed by atoms with Crippen molar-refractivity contribution in [1.29, 1.82) is 0 Å². The Balaban J connectivity index is 3.33. The summed E-state index contributed by atoms with van der Waals surface area (Å²) in [5.74, 6) is 1.31. The van der Waals surface area contributed by atoms with E-state index in [1.54, 1.807) is 5.92 Å². The van der Waals surface area contributed by atoms with Gasteiger partial charge in [-0.05, 0) is 5.92 Å². The minimum atomic E-state index is -0.491. The van der Waals surface area contributed by atoms with Crippen molar-refractivity contribution in [1.82, 2.24) is 5.32 Å². The van der Waals surface area contributed by atoms with Crippen molar-refractivity contribution in [3.05, 3.63) is 7.05 Å². The maximum Gasteiger partial charge on any atom is 0.295 e. The molecular formula is C4H4NO. The molecular weight excluding hydrogens is 78.0 g/mol. The smallest absolute Gasteiger partial charge is 0.295 e. The van der Waals surface area contributed by atoms with E-state index in [2.05, 4.69) is 13.5 Å². The zero-order chi connectivity index (χ0) is 4.99. The molecule has 0 saturated carbocycles.